The van der Waals surface area contributed by atoms with Crippen molar-refractivity contribution in [2.45, 2.75) is 25.7 Å². The molecule has 30 heavy (non-hydrogen) atoms. The Hall–Kier alpha value is -3.01. The van der Waals surface area contributed by atoms with E-state index in [-0.39, 0.29) is 30.0 Å². The number of hydrogen-bond acceptors (Lipinski definition) is 3. The molecule has 3 rings (SSSR count). The maximum absolute atomic E-state index is 13.9. The van der Waals surface area contributed by atoms with Gasteiger partial charge in [-0.2, -0.15) is 13.2 Å². The number of benzene rings is 2. The summed E-state index contributed by atoms with van der Waals surface area (Å²) in [7, 11) is 1.54. The number of nitrogens with one attached hydrogen (secondary N) is 1. The lowest BCUT2D eigenvalue weighted by Gasteiger charge is -2.34. The van der Waals surface area contributed by atoms with Crippen LogP contribution in [-0.4, -0.2) is 36.3 Å². The molecule has 1 aliphatic heterocycles. The number of hydrogen-bond donors (Lipinski definition) is 1. The quantitative estimate of drug-likeness (QED) is 0.756. The number of anilines is 2. The molecule has 10 heteroatoms. The maximum Gasteiger partial charge on any atom is 0.416 e. The monoisotopic (exact) mass is 427 g/mol. The molecule has 0 aromatic heterocycles. The summed E-state index contributed by atoms with van der Waals surface area (Å²) >= 11 is 0. The Bertz CT molecular complexity index is 993. The van der Waals surface area contributed by atoms with Crippen molar-refractivity contribution in [1.82, 2.24) is 4.90 Å². The first-order valence-corrected chi connectivity index (χ1v) is 8.94. The summed E-state index contributed by atoms with van der Waals surface area (Å²) < 4.78 is 65.8. The average molecular weight is 427 g/mol. The van der Waals surface area contributed by atoms with Crippen molar-refractivity contribution >= 4 is 23.2 Å². The summed E-state index contributed by atoms with van der Waals surface area (Å²) in [5.41, 5.74) is -0.757. The zero-order valence-corrected chi connectivity index (χ0v) is 16.1. The molecule has 2 aromatic carbocycles. The van der Waals surface area contributed by atoms with E-state index in [1.54, 1.807) is 7.05 Å². The molecule has 5 nitrogen and oxygen atoms in total. The van der Waals surface area contributed by atoms with Gasteiger partial charge < -0.3 is 5.32 Å². The number of carbonyl (C=O) groups is 2. The van der Waals surface area contributed by atoms with Crippen LogP contribution in [0.1, 0.15) is 18.1 Å². The molecule has 0 radical (unpaired) electrons. The molecular weight excluding hydrogens is 409 g/mol. The highest BCUT2D eigenvalue weighted by atomic mass is 19.4. The molecule has 1 aliphatic rings. The van der Waals surface area contributed by atoms with Crippen molar-refractivity contribution in [3.05, 3.63) is 59.2 Å². The third-order valence-corrected chi connectivity index (χ3v) is 4.91. The van der Waals surface area contributed by atoms with Crippen molar-refractivity contribution < 1.29 is 31.5 Å². The number of likely N-dealkylation sites (N-methyl/N-ethyl adjacent to an activating group) is 1. The van der Waals surface area contributed by atoms with Crippen LogP contribution in [0.4, 0.5) is 33.3 Å². The molecule has 0 fully saturated rings. The fourth-order valence-corrected chi connectivity index (χ4v) is 3.13. The van der Waals surface area contributed by atoms with E-state index < -0.39 is 41.2 Å². The zero-order valence-electron chi connectivity index (χ0n) is 16.1. The molecule has 160 valence electrons. The Morgan fingerprint density at radius 1 is 1.20 bits per heavy atom. The highest BCUT2D eigenvalue weighted by Gasteiger charge is 2.35. The van der Waals surface area contributed by atoms with Gasteiger partial charge in [0.25, 0.3) is 0 Å². The normalized spacial score (nSPS) is 15.1. The second-order valence-electron chi connectivity index (χ2n) is 7.03. The predicted octanol–water partition coefficient (Wildman–Crippen LogP) is 3.79. The van der Waals surface area contributed by atoms with Gasteiger partial charge in [0.1, 0.15) is 18.2 Å². The topological polar surface area (TPSA) is 52.7 Å². The van der Waals surface area contributed by atoms with Crippen molar-refractivity contribution in [1.29, 1.82) is 0 Å². The Labute approximate surface area is 169 Å². The SMILES string of the molecule is CC(C(=O)N1CC(=O)Nc2cc(C(F)(F)F)ccc21)N(C)Cc1ccc(F)cc1F. The van der Waals surface area contributed by atoms with Crippen LogP contribution >= 0.6 is 0 Å². The van der Waals surface area contributed by atoms with Gasteiger partial charge in [-0.15, -0.1) is 0 Å². The van der Waals surface area contributed by atoms with Crippen LogP contribution in [0.2, 0.25) is 0 Å². The van der Waals surface area contributed by atoms with Gasteiger partial charge in [-0.1, -0.05) is 6.07 Å². The first-order chi connectivity index (χ1) is 14.0. The molecule has 2 amide bonds. The Kier molecular flexibility index (Phi) is 5.80. The number of amides is 2. The number of alkyl halides is 3. The van der Waals surface area contributed by atoms with Gasteiger partial charge in [-0.3, -0.25) is 19.4 Å². The van der Waals surface area contributed by atoms with E-state index in [0.29, 0.717) is 0 Å². The summed E-state index contributed by atoms with van der Waals surface area (Å²) in [5, 5.41) is 2.35. The Balaban J connectivity index is 1.83. The smallest absolute Gasteiger partial charge is 0.323 e. The van der Waals surface area contributed by atoms with Crippen molar-refractivity contribution in [3.8, 4) is 0 Å². The summed E-state index contributed by atoms with van der Waals surface area (Å²) in [6, 6.07) is 4.99. The third kappa shape index (κ3) is 4.43. The standard InChI is InChI=1S/C20H18F5N3O2/c1-11(27(2)9-12-3-5-14(21)8-15(12)22)19(30)28-10-18(29)26-16-7-13(20(23,24)25)4-6-17(16)28/h3-8,11H,9-10H2,1-2H3,(H,26,29). The highest BCUT2D eigenvalue weighted by molar-refractivity contribution is 6.11. The van der Waals surface area contributed by atoms with E-state index in [1.165, 1.54) is 17.9 Å². The molecule has 1 unspecified atom stereocenters. The lowest BCUT2D eigenvalue weighted by atomic mass is 10.1. The molecule has 2 aromatic rings. The second kappa shape index (κ2) is 8.02. The minimum absolute atomic E-state index is 0.0150. The fourth-order valence-electron chi connectivity index (χ4n) is 3.13. The van der Waals surface area contributed by atoms with Gasteiger partial charge in [-0.25, -0.2) is 8.78 Å². The summed E-state index contributed by atoms with van der Waals surface area (Å²) in [5.74, 6) is -2.66. The molecule has 0 aliphatic carbocycles. The van der Waals surface area contributed by atoms with Gasteiger partial charge in [0, 0.05) is 18.2 Å². The third-order valence-electron chi connectivity index (χ3n) is 4.91. The molecule has 1 heterocycles. The first-order valence-electron chi connectivity index (χ1n) is 8.94. The van der Waals surface area contributed by atoms with Crippen LogP contribution in [-0.2, 0) is 22.3 Å². The molecule has 0 spiro atoms. The second-order valence-corrected chi connectivity index (χ2v) is 7.03. The van der Waals surface area contributed by atoms with Gasteiger partial charge in [0.15, 0.2) is 0 Å². The van der Waals surface area contributed by atoms with Crippen molar-refractivity contribution in [2.75, 3.05) is 23.8 Å². The largest absolute Gasteiger partial charge is 0.416 e. The van der Waals surface area contributed by atoms with Crippen molar-refractivity contribution in [2.24, 2.45) is 0 Å². The summed E-state index contributed by atoms with van der Waals surface area (Å²) in [6.45, 7) is 1.15. The van der Waals surface area contributed by atoms with E-state index in [9.17, 15) is 31.5 Å². The Morgan fingerprint density at radius 2 is 1.90 bits per heavy atom. The number of carbonyl (C=O) groups excluding carboxylic acids is 2. The van der Waals surface area contributed by atoms with E-state index >= 15 is 0 Å². The number of halogens is 5. The summed E-state index contributed by atoms with van der Waals surface area (Å²) in [6.07, 6.45) is -4.60. The van der Waals surface area contributed by atoms with Crippen LogP contribution in [0.15, 0.2) is 36.4 Å². The minimum atomic E-state index is -4.60. The first kappa shape index (κ1) is 21.7. The maximum atomic E-state index is 13.9. The van der Waals surface area contributed by atoms with E-state index in [1.807, 2.05) is 0 Å². The van der Waals surface area contributed by atoms with E-state index in [0.717, 1.165) is 35.2 Å². The predicted molar refractivity (Wildman–Crippen MR) is 99.7 cm³/mol. The Morgan fingerprint density at radius 3 is 2.53 bits per heavy atom. The number of nitrogens with zero attached hydrogens (tertiary/aromatic N) is 2. The van der Waals surface area contributed by atoms with Gasteiger partial charge >= 0.3 is 6.18 Å². The number of fused-ring (bicyclic) bond motifs is 1. The zero-order chi connectivity index (χ0) is 22.2. The highest BCUT2D eigenvalue weighted by Crippen LogP contribution is 2.37. The van der Waals surface area contributed by atoms with E-state index in [4.69, 9.17) is 0 Å². The van der Waals surface area contributed by atoms with Crippen molar-refractivity contribution in [3.63, 3.8) is 0 Å². The average Bonchev–Trinajstić information content (AvgIpc) is 2.67. The fraction of sp³-hybridized carbons (Fsp3) is 0.300. The van der Waals surface area contributed by atoms with Gasteiger partial charge in [0.05, 0.1) is 23.0 Å². The van der Waals surface area contributed by atoms with Crippen LogP contribution in [0.25, 0.3) is 0 Å². The lowest BCUT2D eigenvalue weighted by molar-refractivity contribution is -0.137. The number of rotatable bonds is 4. The molecule has 0 saturated heterocycles. The van der Waals surface area contributed by atoms with Crippen LogP contribution < -0.4 is 10.2 Å². The minimum Gasteiger partial charge on any atom is -0.323 e. The van der Waals surface area contributed by atoms with Crippen LogP contribution in [0.3, 0.4) is 0 Å². The molecule has 0 saturated carbocycles. The van der Waals surface area contributed by atoms with Gasteiger partial charge in [-0.05, 0) is 38.2 Å². The lowest BCUT2D eigenvalue weighted by Crippen LogP contribution is -2.50. The molecule has 1 atom stereocenters. The van der Waals surface area contributed by atoms with Crippen LogP contribution in [0.5, 0.6) is 0 Å². The van der Waals surface area contributed by atoms with Gasteiger partial charge in [0.2, 0.25) is 11.8 Å². The molecule has 0 bridgehead atoms. The van der Waals surface area contributed by atoms with E-state index in [2.05, 4.69) is 5.32 Å². The summed E-state index contributed by atoms with van der Waals surface area (Å²) in [4.78, 5) is 27.6. The molecular formula is C20H18F5N3O2. The van der Waals surface area contributed by atoms with Crippen LogP contribution in [0, 0.1) is 11.6 Å². The molecule has 1 N–H and O–H groups in total.